The van der Waals surface area contributed by atoms with Crippen molar-refractivity contribution in [3.8, 4) is 6.07 Å². The zero-order valence-electron chi connectivity index (χ0n) is 17.9. The van der Waals surface area contributed by atoms with E-state index in [1.807, 2.05) is 18.2 Å². The van der Waals surface area contributed by atoms with Crippen LogP contribution in [0, 0.1) is 42.4 Å². The molecule has 0 N–H and O–H groups in total. The van der Waals surface area contributed by atoms with Gasteiger partial charge in [0.25, 0.3) is 0 Å². The average Bonchev–Trinajstić information content (AvgIpc) is 2.73. The van der Waals surface area contributed by atoms with Crippen molar-refractivity contribution in [3.63, 3.8) is 0 Å². The molecule has 4 aliphatic carbocycles. The van der Waals surface area contributed by atoms with Gasteiger partial charge in [-0.25, -0.2) is 0 Å². The lowest BCUT2D eigenvalue weighted by atomic mass is 9.43. The standard InChI is InChI=1S/C27H29NO2/c1-18-7-8-24(9-19(18)2)26-11-20-10-21(12-26)14-27(13-20,17-26)25(29)30-16-23-6-4-3-5-22(23)15-28/h3-9,20-21H,10-14,16-17H2,1-2H3/t20-,21+,26?,27?. The lowest BCUT2D eigenvalue weighted by molar-refractivity contribution is -0.175. The van der Waals surface area contributed by atoms with Gasteiger partial charge in [-0.15, -0.1) is 0 Å². The van der Waals surface area contributed by atoms with Crippen LogP contribution in [0.25, 0.3) is 0 Å². The van der Waals surface area contributed by atoms with E-state index in [0.29, 0.717) is 17.4 Å². The van der Waals surface area contributed by atoms with Gasteiger partial charge in [0.05, 0.1) is 17.0 Å². The first-order valence-corrected chi connectivity index (χ1v) is 11.2. The van der Waals surface area contributed by atoms with Crippen LogP contribution in [0.15, 0.2) is 42.5 Å². The second-order valence-electron chi connectivity index (χ2n) is 10.2. The van der Waals surface area contributed by atoms with Crippen LogP contribution in [-0.4, -0.2) is 5.97 Å². The summed E-state index contributed by atoms with van der Waals surface area (Å²) < 4.78 is 5.89. The molecule has 2 unspecified atom stereocenters. The van der Waals surface area contributed by atoms with Crippen LogP contribution >= 0.6 is 0 Å². The van der Waals surface area contributed by atoms with E-state index in [1.165, 1.54) is 36.0 Å². The van der Waals surface area contributed by atoms with Crippen LogP contribution in [0.3, 0.4) is 0 Å². The molecule has 4 atom stereocenters. The number of rotatable bonds is 4. The van der Waals surface area contributed by atoms with Gasteiger partial charge in [0.2, 0.25) is 0 Å². The zero-order valence-corrected chi connectivity index (χ0v) is 17.9. The summed E-state index contributed by atoms with van der Waals surface area (Å²) in [6.07, 6.45) is 6.52. The van der Waals surface area contributed by atoms with Crippen LogP contribution in [0.2, 0.25) is 0 Å². The predicted molar refractivity (Wildman–Crippen MR) is 116 cm³/mol. The van der Waals surface area contributed by atoms with Crippen LogP contribution in [0.4, 0.5) is 0 Å². The molecule has 30 heavy (non-hydrogen) atoms. The first-order valence-electron chi connectivity index (χ1n) is 11.2. The van der Waals surface area contributed by atoms with E-state index in [4.69, 9.17) is 4.74 Å². The Kier molecular flexibility index (Phi) is 4.51. The fourth-order valence-electron chi connectivity index (χ4n) is 6.96. The molecular weight excluding hydrogens is 370 g/mol. The van der Waals surface area contributed by atoms with Crippen molar-refractivity contribution in [2.45, 2.75) is 64.4 Å². The third-order valence-electron chi connectivity index (χ3n) is 8.11. The third-order valence-corrected chi connectivity index (χ3v) is 8.11. The van der Waals surface area contributed by atoms with Gasteiger partial charge < -0.3 is 4.74 Å². The number of nitriles is 1. The molecule has 3 heteroatoms. The summed E-state index contributed by atoms with van der Waals surface area (Å²) in [5.41, 5.74) is 5.23. The Balaban J connectivity index is 1.42. The summed E-state index contributed by atoms with van der Waals surface area (Å²) in [6, 6.07) is 16.5. The topological polar surface area (TPSA) is 50.1 Å². The number of carbonyl (C=O) groups is 1. The summed E-state index contributed by atoms with van der Waals surface area (Å²) >= 11 is 0. The molecule has 2 aromatic carbocycles. The highest BCUT2D eigenvalue weighted by molar-refractivity contribution is 5.78. The summed E-state index contributed by atoms with van der Waals surface area (Å²) in [5, 5.41) is 9.32. The normalized spacial score (nSPS) is 31.4. The second kappa shape index (κ2) is 6.98. The fourth-order valence-corrected chi connectivity index (χ4v) is 6.96. The van der Waals surface area contributed by atoms with Crippen LogP contribution in [0.5, 0.6) is 0 Å². The Morgan fingerprint density at radius 2 is 1.80 bits per heavy atom. The molecule has 154 valence electrons. The highest BCUT2D eigenvalue weighted by atomic mass is 16.5. The Morgan fingerprint density at radius 3 is 2.50 bits per heavy atom. The van der Waals surface area contributed by atoms with Crippen molar-refractivity contribution < 1.29 is 9.53 Å². The lowest BCUT2D eigenvalue weighted by Gasteiger charge is -2.61. The Morgan fingerprint density at radius 1 is 1.07 bits per heavy atom. The summed E-state index contributed by atoms with van der Waals surface area (Å²) in [6.45, 7) is 4.54. The minimum absolute atomic E-state index is 0.0439. The maximum atomic E-state index is 13.5. The Bertz CT molecular complexity index is 1030. The molecule has 3 nitrogen and oxygen atoms in total. The van der Waals surface area contributed by atoms with E-state index >= 15 is 0 Å². The molecule has 0 saturated heterocycles. The summed E-state index contributed by atoms with van der Waals surface area (Å²) in [5.74, 6) is 1.19. The minimum atomic E-state index is -0.357. The highest BCUT2D eigenvalue weighted by Gasteiger charge is 2.61. The number of ether oxygens (including phenoxy) is 1. The molecule has 0 radical (unpaired) electrons. The highest BCUT2D eigenvalue weighted by Crippen LogP contribution is 2.66. The SMILES string of the molecule is Cc1ccc(C23C[C@@H]4C[C@@H](CC(C(=O)OCc5ccccc5C#N)(C4)C2)C3)cc1C. The molecule has 4 saturated carbocycles. The molecule has 0 amide bonds. The molecule has 4 fully saturated rings. The smallest absolute Gasteiger partial charge is 0.312 e. The molecule has 0 heterocycles. The van der Waals surface area contributed by atoms with Gasteiger partial charge in [-0.2, -0.15) is 5.26 Å². The maximum Gasteiger partial charge on any atom is 0.312 e. The average molecular weight is 400 g/mol. The van der Waals surface area contributed by atoms with Gasteiger partial charge in [0.1, 0.15) is 6.61 Å². The lowest BCUT2D eigenvalue weighted by Crippen LogP contribution is -2.57. The zero-order chi connectivity index (χ0) is 20.9. The Labute approximate surface area is 179 Å². The molecule has 2 aromatic rings. The molecule has 0 aromatic heterocycles. The summed E-state index contributed by atoms with van der Waals surface area (Å²) in [7, 11) is 0. The maximum absolute atomic E-state index is 13.5. The van der Waals surface area contributed by atoms with E-state index in [2.05, 4.69) is 38.1 Å². The molecule has 4 aliphatic rings. The summed E-state index contributed by atoms with van der Waals surface area (Å²) in [4.78, 5) is 13.5. The van der Waals surface area contributed by atoms with Crippen molar-refractivity contribution in [3.05, 3.63) is 70.3 Å². The molecular formula is C27H29NO2. The van der Waals surface area contributed by atoms with Crippen molar-refractivity contribution in [1.82, 2.24) is 0 Å². The monoisotopic (exact) mass is 399 g/mol. The molecule has 0 aliphatic heterocycles. The minimum Gasteiger partial charge on any atom is -0.460 e. The molecule has 4 bridgehead atoms. The fraction of sp³-hybridized carbons (Fsp3) is 0.481. The third kappa shape index (κ3) is 3.05. The number of carbonyl (C=O) groups excluding carboxylic acids is 1. The van der Waals surface area contributed by atoms with Gasteiger partial charge in [0.15, 0.2) is 0 Å². The van der Waals surface area contributed by atoms with E-state index < -0.39 is 0 Å². The van der Waals surface area contributed by atoms with Crippen molar-refractivity contribution >= 4 is 5.97 Å². The van der Waals surface area contributed by atoms with Gasteiger partial charge in [-0.3, -0.25) is 4.79 Å². The van der Waals surface area contributed by atoms with Crippen LogP contribution in [0.1, 0.15) is 66.3 Å². The number of hydrogen-bond donors (Lipinski definition) is 0. The molecule has 6 rings (SSSR count). The number of hydrogen-bond acceptors (Lipinski definition) is 3. The van der Waals surface area contributed by atoms with Crippen LogP contribution < -0.4 is 0 Å². The van der Waals surface area contributed by atoms with Crippen molar-refractivity contribution in [1.29, 1.82) is 5.26 Å². The van der Waals surface area contributed by atoms with E-state index in [-0.39, 0.29) is 23.4 Å². The first-order chi connectivity index (χ1) is 14.4. The number of nitrogens with zero attached hydrogens (tertiary/aromatic N) is 1. The van der Waals surface area contributed by atoms with Crippen molar-refractivity contribution in [2.24, 2.45) is 17.3 Å². The first kappa shape index (κ1) is 19.4. The van der Waals surface area contributed by atoms with Crippen molar-refractivity contribution in [2.75, 3.05) is 0 Å². The number of aryl methyl sites for hydroxylation is 2. The van der Waals surface area contributed by atoms with Crippen LogP contribution in [-0.2, 0) is 21.6 Å². The van der Waals surface area contributed by atoms with Gasteiger partial charge in [0, 0.05) is 5.56 Å². The van der Waals surface area contributed by atoms with E-state index in [1.54, 1.807) is 6.07 Å². The van der Waals surface area contributed by atoms with E-state index in [9.17, 15) is 10.1 Å². The van der Waals surface area contributed by atoms with Gasteiger partial charge in [-0.1, -0.05) is 36.4 Å². The number of benzene rings is 2. The Hall–Kier alpha value is -2.60. The van der Waals surface area contributed by atoms with Gasteiger partial charge >= 0.3 is 5.97 Å². The molecule has 0 spiro atoms. The second-order valence-corrected chi connectivity index (χ2v) is 10.2. The predicted octanol–water partition coefficient (Wildman–Crippen LogP) is 5.76. The van der Waals surface area contributed by atoms with Gasteiger partial charge in [-0.05, 0) is 92.4 Å². The number of esters is 1. The van der Waals surface area contributed by atoms with E-state index in [0.717, 1.165) is 24.8 Å². The quantitative estimate of drug-likeness (QED) is 0.615. The largest absolute Gasteiger partial charge is 0.460 e.